The van der Waals surface area contributed by atoms with Gasteiger partial charge in [0, 0.05) is 6.07 Å². The Morgan fingerprint density at radius 3 is 2.65 bits per heavy atom. The largest absolute Gasteiger partial charge is 0.505 e. The zero-order valence-electron chi connectivity index (χ0n) is 12.7. The normalized spacial score (nSPS) is 10.7. The van der Waals surface area contributed by atoms with E-state index in [1.165, 1.54) is 18.0 Å². The Morgan fingerprint density at radius 1 is 1.17 bits per heavy atom. The summed E-state index contributed by atoms with van der Waals surface area (Å²) in [4.78, 5) is 13.1. The predicted octanol–water partition coefficient (Wildman–Crippen LogP) is 2.31. The molecule has 7 nitrogen and oxygen atoms in total. The summed E-state index contributed by atoms with van der Waals surface area (Å²) in [6.45, 7) is 2.06. The van der Waals surface area contributed by atoms with Gasteiger partial charge in [0.2, 0.25) is 0 Å². The highest BCUT2D eigenvalue weighted by Gasteiger charge is 2.13. The van der Waals surface area contributed by atoms with Gasteiger partial charge in [-0.1, -0.05) is 0 Å². The van der Waals surface area contributed by atoms with E-state index in [1.807, 2.05) is 0 Å². The number of phenols is 1. The molecule has 1 aromatic heterocycles. The van der Waals surface area contributed by atoms with Crippen LogP contribution in [0.2, 0.25) is 0 Å². The standard InChI is InChI=1S/C16H15N3O4/c1-3-23-16(21)10-4-6-12-13(8-10)18-19(17-12)14-7-5-11(22-2)9-15(14)20/h4-9,20H,3H2,1-2H3. The highest BCUT2D eigenvalue weighted by atomic mass is 16.5. The summed E-state index contributed by atoms with van der Waals surface area (Å²) in [6, 6.07) is 9.76. The van der Waals surface area contributed by atoms with Gasteiger partial charge >= 0.3 is 5.97 Å². The van der Waals surface area contributed by atoms with Crippen molar-refractivity contribution < 1.29 is 19.4 Å². The van der Waals surface area contributed by atoms with E-state index in [0.29, 0.717) is 34.6 Å². The van der Waals surface area contributed by atoms with Crippen molar-refractivity contribution in [3.8, 4) is 17.2 Å². The Morgan fingerprint density at radius 2 is 1.96 bits per heavy atom. The first-order valence-electron chi connectivity index (χ1n) is 7.04. The number of aromatic hydroxyl groups is 1. The SMILES string of the molecule is CCOC(=O)c1ccc2nn(-c3ccc(OC)cc3O)nc2c1. The second kappa shape index (κ2) is 5.96. The molecule has 0 amide bonds. The number of aromatic nitrogens is 3. The summed E-state index contributed by atoms with van der Waals surface area (Å²) < 4.78 is 10.0. The van der Waals surface area contributed by atoms with Crippen LogP contribution < -0.4 is 4.74 Å². The number of carbonyl (C=O) groups excluding carboxylic acids is 1. The van der Waals surface area contributed by atoms with E-state index in [1.54, 1.807) is 37.3 Å². The molecule has 1 heterocycles. The minimum atomic E-state index is -0.406. The first-order chi connectivity index (χ1) is 11.1. The third-order valence-electron chi connectivity index (χ3n) is 3.29. The fourth-order valence-electron chi connectivity index (χ4n) is 2.16. The number of phenolic OH excluding ortho intramolecular Hbond substituents is 1. The fourth-order valence-corrected chi connectivity index (χ4v) is 2.16. The highest BCUT2D eigenvalue weighted by Crippen LogP contribution is 2.26. The van der Waals surface area contributed by atoms with Gasteiger partial charge in [-0.05, 0) is 37.3 Å². The van der Waals surface area contributed by atoms with Crippen LogP contribution in [0.5, 0.6) is 11.5 Å². The van der Waals surface area contributed by atoms with Crippen molar-refractivity contribution in [2.24, 2.45) is 0 Å². The van der Waals surface area contributed by atoms with Crippen molar-refractivity contribution >= 4 is 17.0 Å². The molecule has 0 saturated carbocycles. The summed E-state index contributed by atoms with van der Waals surface area (Å²) in [5, 5.41) is 18.7. The van der Waals surface area contributed by atoms with Crippen LogP contribution in [0.15, 0.2) is 36.4 Å². The molecule has 0 saturated heterocycles. The van der Waals surface area contributed by atoms with E-state index in [2.05, 4.69) is 10.2 Å². The van der Waals surface area contributed by atoms with Crippen molar-refractivity contribution in [3.05, 3.63) is 42.0 Å². The Kier molecular flexibility index (Phi) is 3.84. The lowest BCUT2D eigenvalue weighted by Gasteiger charge is -2.05. The smallest absolute Gasteiger partial charge is 0.338 e. The lowest BCUT2D eigenvalue weighted by molar-refractivity contribution is 0.0526. The number of nitrogens with zero attached hydrogens (tertiary/aromatic N) is 3. The summed E-state index contributed by atoms with van der Waals surface area (Å²) in [6.07, 6.45) is 0. The number of esters is 1. The van der Waals surface area contributed by atoms with Crippen LogP contribution in [0, 0.1) is 0 Å². The number of ether oxygens (including phenoxy) is 2. The quantitative estimate of drug-likeness (QED) is 0.744. The second-order valence-electron chi connectivity index (χ2n) is 4.77. The number of rotatable bonds is 4. The minimum absolute atomic E-state index is 0.00438. The van der Waals surface area contributed by atoms with E-state index in [0.717, 1.165) is 0 Å². The first kappa shape index (κ1) is 14.8. The molecule has 0 spiro atoms. The predicted molar refractivity (Wildman–Crippen MR) is 83.0 cm³/mol. The molecule has 23 heavy (non-hydrogen) atoms. The van der Waals surface area contributed by atoms with Crippen LogP contribution in [-0.2, 0) is 4.74 Å². The first-order valence-corrected chi connectivity index (χ1v) is 7.04. The number of carbonyl (C=O) groups is 1. The van der Waals surface area contributed by atoms with Crippen molar-refractivity contribution in [1.82, 2.24) is 15.0 Å². The molecular formula is C16H15N3O4. The number of methoxy groups -OCH3 is 1. The van der Waals surface area contributed by atoms with Crippen LogP contribution in [0.1, 0.15) is 17.3 Å². The zero-order valence-corrected chi connectivity index (χ0v) is 12.7. The van der Waals surface area contributed by atoms with Gasteiger partial charge in [0.05, 0.1) is 19.3 Å². The molecular weight excluding hydrogens is 298 g/mol. The Balaban J connectivity index is 2.01. The van der Waals surface area contributed by atoms with Crippen LogP contribution in [0.3, 0.4) is 0 Å². The van der Waals surface area contributed by atoms with E-state index in [9.17, 15) is 9.90 Å². The lowest BCUT2D eigenvalue weighted by Crippen LogP contribution is -2.04. The maximum absolute atomic E-state index is 11.8. The Hall–Kier alpha value is -3.09. The van der Waals surface area contributed by atoms with Crippen molar-refractivity contribution in [3.63, 3.8) is 0 Å². The van der Waals surface area contributed by atoms with E-state index >= 15 is 0 Å². The fraction of sp³-hybridized carbons (Fsp3) is 0.188. The molecule has 0 aliphatic carbocycles. The second-order valence-corrected chi connectivity index (χ2v) is 4.77. The zero-order chi connectivity index (χ0) is 16.4. The van der Waals surface area contributed by atoms with Gasteiger partial charge in [-0.3, -0.25) is 0 Å². The van der Waals surface area contributed by atoms with Crippen LogP contribution in [-0.4, -0.2) is 39.8 Å². The van der Waals surface area contributed by atoms with Gasteiger partial charge in [-0.2, -0.15) is 0 Å². The van der Waals surface area contributed by atoms with Crippen LogP contribution in [0.25, 0.3) is 16.7 Å². The molecule has 118 valence electrons. The topological polar surface area (TPSA) is 86.5 Å². The van der Waals surface area contributed by atoms with E-state index < -0.39 is 5.97 Å². The van der Waals surface area contributed by atoms with Crippen molar-refractivity contribution in [2.45, 2.75) is 6.92 Å². The van der Waals surface area contributed by atoms with Gasteiger partial charge in [0.15, 0.2) is 0 Å². The maximum Gasteiger partial charge on any atom is 0.338 e. The van der Waals surface area contributed by atoms with Gasteiger partial charge in [0.1, 0.15) is 28.2 Å². The molecule has 0 aliphatic heterocycles. The highest BCUT2D eigenvalue weighted by molar-refractivity contribution is 5.93. The third kappa shape index (κ3) is 2.80. The monoisotopic (exact) mass is 313 g/mol. The minimum Gasteiger partial charge on any atom is -0.505 e. The molecule has 1 N–H and O–H groups in total. The molecule has 0 atom stereocenters. The molecule has 7 heteroatoms. The molecule has 3 aromatic rings. The molecule has 0 unspecified atom stereocenters. The van der Waals surface area contributed by atoms with E-state index in [-0.39, 0.29) is 5.75 Å². The summed E-state index contributed by atoms with van der Waals surface area (Å²) >= 11 is 0. The molecule has 3 rings (SSSR count). The average Bonchev–Trinajstić information content (AvgIpc) is 2.97. The third-order valence-corrected chi connectivity index (χ3v) is 3.29. The molecule has 0 aliphatic rings. The molecule has 0 bridgehead atoms. The van der Waals surface area contributed by atoms with Crippen molar-refractivity contribution in [1.29, 1.82) is 0 Å². The van der Waals surface area contributed by atoms with Crippen LogP contribution >= 0.6 is 0 Å². The summed E-state index contributed by atoms with van der Waals surface area (Å²) in [5.41, 5.74) is 1.96. The molecule has 0 radical (unpaired) electrons. The number of fused-ring (bicyclic) bond motifs is 1. The Labute approximate surface area is 132 Å². The number of benzene rings is 2. The van der Waals surface area contributed by atoms with Gasteiger partial charge in [-0.25, -0.2) is 4.79 Å². The summed E-state index contributed by atoms with van der Waals surface area (Å²) in [7, 11) is 1.52. The number of hydrogen-bond donors (Lipinski definition) is 1. The van der Waals surface area contributed by atoms with E-state index in [4.69, 9.17) is 9.47 Å². The molecule has 0 fully saturated rings. The summed E-state index contributed by atoms with van der Waals surface area (Å²) in [5.74, 6) is 0.124. The average molecular weight is 313 g/mol. The van der Waals surface area contributed by atoms with Gasteiger partial charge in [-0.15, -0.1) is 15.0 Å². The Bertz CT molecular complexity index is 873. The maximum atomic E-state index is 11.8. The lowest BCUT2D eigenvalue weighted by atomic mass is 10.2. The van der Waals surface area contributed by atoms with Gasteiger partial charge in [0.25, 0.3) is 0 Å². The molecule has 2 aromatic carbocycles. The van der Waals surface area contributed by atoms with Crippen molar-refractivity contribution in [2.75, 3.05) is 13.7 Å². The van der Waals surface area contributed by atoms with Crippen LogP contribution in [0.4, 0.5) is 0 Å². The number of hydrogen-bond acceptors (Lipinski definition) is 6. The van der Waals surface area contributed by atoms with Gasteiger partial charge < -0.3 is 14.6 Å².